The molecular formula is C18H17ClFN3O4. The minimum atomic E-state index is -0.684. The van der Waals surface area contributed by atoms with Gasteiger partial charge in [0.15, 0.2) is 11.5 Å². The first-order valence-corrected chi connectivity index (χ1v) is 8.42. The van der Waals surface area contributed by atoms with E-state index < -0.39 is 17.8 Å². The van der Waals surface area contributed by atoms with E-state index in [0.717, 1.165) is 0 Å². The van der Waals surface area contributed by atoms with Crippen molar-refractivity contribution in [2.45, 2.75) is 6.54 Å². The molecule has 27 heavy (non-hydrogen) atoms. The fourth-order valence-electron chi connectivity index (χ4n) is 2.56. The van der Waals surface area contributed by atoms with Crippen molar-refractivity contribution in [3.63, 3.8) is 0 Å². The number of hydrogen-bond acceptors (Lipinski definition) is 5. The quantitative estimate of drug-likeness (QED) is 0.816. The van der Waals surface area contributed by atoms with E-state index in [1.54, 1.807) is 36.2 Å². The molecule has 1 heterocycles. The second-order valence-electron chi connectivity index (χ2n) is 5.94. The topological polar surface area (TPSA) is 79.9 Å². The molecule has 3 rings (SSSR count). The van der Waals surface area contributed by atoms with Crippen LogP contribution < -0.4 is 20.1 Å². The van der Waals surface area contributed by atoms with E-state index in [0.29, 0.717) is 22.7 Å². The van der Waals surface area contributed by atoms with Gasteiger partial charge in [-0.1, -0.05) is 17.7 Å². The van der Waals surface area contributed by atoms with Gasteiger partial charge in [-0.15, -0.1) is 0 Å². The lowest BCUT2D eigenvalue weighted by Gasteiger charge is -2.17. The maximum Gasteiger partial charge on any atom is 0.325 e. The van der Waals surface area contributed by atoms with Crippen LogP contribution >= 0.6 is 11.6 Å². The molecule has 0 saturated carbocycles. The summed E-state index contributed by atoms with van der Waals surface area (Å²) in [5, 5.41) is 5.03. The van der Waals surface area contributed by atoms with Gasteiger partial charge in [-0.3, -0.25) is 15.0 Å². The van der Waals surface area contributed by atoms with Crippen molar-refractivity contribution in [1.82, 2.24) is 10.2 Å². The Balaban J connectivity index is 1.50. The van der Waals surface area contributed by atoms with Gasteiger partial charge >= 0.3 is 6.03 Å². The number of carbonyl (C=O) groups is 2. The van der Waals surface area contributed by atoms with Gasteiger partial charge in [0.2, 0.25) is 12.7 Å². The third-order valence-corrected chi connectivity index (χ3v) is 4.14. The van der Waals surface area contributed by atoms with Crippen molar-refractivity contribution in [2.75, 3.05) is 25.7 Å². The summed E-state index contributed by atoms with van der Waals surface area (Å²) in [6.45, 7) is 0.143. The van der Waals surface area contributed by atoms with Crippen LogP contribution in [0.15, 0.2) is 36.4 Å². The molecule has 0 fully saturated rings. The first-order chi connectivity index (χ1) is 12.9. The number of hydrogen-bond donors (Lipinski definition) is 2. The van der Waals surface area contributed by atoms with E-state index in [1.807, 2.05) is 0 Å². The zero-order valence-electron chi connectivity index (χ0n) is 14.4. The molecule has 142 valence electrons. The third kappa shape index (κ3) is 4.87. The number of anilines is 1. The van der Waals surface area contributed by atoms with Crippen molar-refractivity contribution in [3.8, 4) is 11.5 Å². The number of carbonyl (C=O) groups excluding carboxylic acids is 2. The highest BCUT2D eigenvalue weighted by molar-refractivity contribution is 6.31. The molecular weight excluding hydrogens is 377 g/mol. The van der Waals surface area contributed by atoms with Gasteiger partial charge in [0.25, 0.3) is 0 Å². The minimum Gasteiger partial charge on any atom is -0.454 e. The number of ether oxygens (including phenoxy) is 2. The number of urea groups is 1. The highest BCUT2D eigenvalue weighted by Crippen LogP contribution is 2.34. The summed E-state index contributed by atoms with van der Waals surface area (Å²) in [5.41, 5.74) is 0.746. The van der Waals surface area contributed by atoms with Crippen molar-refractivity contribution < 1.29 is 23.5 Å². The average molecular weight is 394 g/mol. The molecule has 0 atom stereocenters. The predicted molar refractivity (Wildman–Crippen MR) is 97.5 cm³/mol. The van der Waals surface area contributed by atoms with Gasteiger partial charge in [-0.2, -0.15) is 0 Å². The number of nitrogens with one attached hydrogen (secondary N) is 2. The number of fused-ring (bicyclic) bond motifs is 1. The minimum absolute atomic E-state index is 0.112. The summed E-state index contributed by atoms with van der Waals surface area (Å²) in [6.07, 6.45) is 0. The van der Waals surface area contributed by atoms with E-state index in [2.05, 4.69) is 10.6 Å². The van der Waals surface area contributed by atoms with Crippen molar-refractivity contribution in [2.24, 2.45) is 0 Å². The molecule has 9 heteroatoms. The van der Waals surface area contributed by atoms with Gasteiger partial charge in [-0.25, -0.2) is 9.18 Å². The van der Waals surface area contributed by atoms with Crippen molar-refractivity contribution in [3.05, 3.63) is 52.8 Å². The van der Waals surface area contributed by atoms with Crippen LogP contribution in [-0.2, 0) is 11.3 Å². The smallest absolute Gasteiger partial charge is 0.325 e. The molecule has 7 nitrogen and oxygen atoms in total. The number of imide groups is 1. The Bertz CT molecular complexity index is 857. The highest BCUT2D eigenvalue weighted by atomic mass is 35.5. The lowest BCUT2D eigenvalue weighted by atomic mass is 10.2. The molecule has 0 aromatic heterocycles. The second kappa shape index (κ2) is 8.24. The highest BCUT2D eigenvalue weighted by Gasteiger charge is 2.16. The third-order valence-electron chi connectivity index (χ3n) is 3.79. The Kier molecular flexibility index (Phi) is 5.78. The number of halogens is 2. The molecule has 2 aromatic carbocycles. The molecule has 1 aliphatic rings. The molecule has 3 amide bonds. The van der Waals surface area contributed by atoms with Crippen molar-refractivity contribution in [1.29, 1.82) is 0 Å². The molecule has 2 N–H and O–H groups in total. The van der Waals surface area contributed by atoms with E-state index >= 15 is 0 Å². The van der Waals surface area contributed by atoms with Crippen LogP contribution in [0.25, 0.3) is 0 Å². The first kappa shape index (κ1) is 18.9. The number of nitrogens with zero attached hydrogens (tertiary/aromatic N) is 1. The Hall–Kier alpha value is -2.84. The summed E-state index contributed by atoms with van der Waals surface area (Å²) in [7, 11) is 1.62. The molecule has 0 spiro atoms. The van der Waals surface area contributed by atoms with E-state index in [-0.39, 0.29) is 24.9 Å². The number of likely N-dealkylation sites (N-methyl/N-ethyl adjacent to an activating group) is 1. The molecule has 1 aliphatic heterocycles. The first-order valence-electron chi connectivity index (χ1n) is 8.04. The van der Waals surface area contributed by atoms with Gasteiger partial charge in [0.1, 0.15) is 5.82 Å². The van der Waals surface area contributed by atoms with E-state index in [9.17, 15) is 14.0 Å². The van der Waals surface area contributed by atoms with Crippen molar-refractivity contribution >= 4 is 29.2 Å². The Labute approximate surface area is 160 Å². The van der Waals surface area contributed by atoms with Crippen LogP contribution in [0.2, 0.25) is 5.02 Å². The molecule has 0 bridgehead atoms. The zero-order valence-corrected chi connectivity index (χ0v) is 15.2. The van der Waals surface area contributed by atoms with E-state index in [1.165, 1.54) is 12.1 Å². The Morgan fingerprint density at radius 1 is 1.22 bits per heavy atom. The largest absolute Gasteiger partial charge is 0.454 e. The Morgan fingerprint density at radius 2 is 2.00 bits per heavy atom. The number of benzene rings is 2. The molecule has 0 aliphatic carbocycles. The van der Waals surface area contributed by atoms with Gasteiger partial charge in [0.05, 0.1) is 6.54 Å². The fourth-order valence-corrected chi connectivity index (χ4v) is 2.78. The SMILES string of the molecule is CN(CC(=O)NC(=O)Nc1ccc2c(c1)OCO2)Cc1c(F)cccc1Cl. The predicted octanol–water partition coefficient (Wildman–Crippen LogP) is 2.99. The van der Waals surface area contributed by atoms with Crippen LogP contribution in [0.3, 0.4) is 0 Å². The normalized spacial score (nSPS) is 12.1. The van der Waals surface area contributed by atoms with Gasteiger partial charge in [0, 0.05) is 28.9 Å². The second-order valence-corrected chi connectivity index (χ2v) is 6.35. The van der Waals surface area contributed by atoms with Crippen LogP contribution in [0.1, 0.15) is 5.56 Å². The lowest BCUT2D eigenvalue weighted by Crippen LogP contribution is -2.40. The van der Waals surface area contributed by atoms with Crippen LogP contribution in [0, 0.1) is 5.82 Å². The summed E-state index contributed by atoms with van der Waals surface area (Å²) in [5.74, 6) is 0.115. The number of rotatable bonds is 5. The molecule has 2 aromatic rings. The van der Waals surface area contributed by atoms with Gasteiger partial charge in [-0.05, 0) is 31.3 Å². The Morgan fingerprint density at radius 3 is 2.78 bits per heavy atom. The molecule has 0 radical (unpaired) electrons. The van der Waals surface area contributed by atoms with Crippen LogP contribution in [-0.4, -0.2) is 37.2 Å². The monoisotopic (exact) mass is 393 g/mol. The summed E-state index contributed by atoms with van der Waals surface area (Å²) < 4.78 is 24.2. The maximum absolute atomic E-state index is 13.8. The summed E-state index contributed by atoms with van der Waals surface area (Å²) in [4.78, 5) is 25.5. The van der Waals surface area contributed by atoms with E-state index in [4.69, 9.17) is 21.1 Å². The fraction of sp³-hybridized carbons (Fsp3) is 0.222. The standard InChI is InChI=1S/C18H17ClFN3O4/c1-23(8-12-13(19)3-2-4-14(12)20)9-17(24)22-18(25)21-11-5-6-15-16(7-11)27-10-26-15/h2-7H,8-10H2,1H3,(H2,21,22,24,25). The summed E-state index contributed by atoms with van der Waals surface area (Å²) >= 11 is 5.97. The average Bonchev–Trinajstić information content (AvgIpc) is 3.05. The van der Waals surface area contributed by atoms with Crippen LogP contribution in [0.4, 0.5) is 14.9 Å². The van der Waals surface area contributed by atoms with Gasteiger partial charge < -0.3 is 14.8 Å². The molecule has 0 unspecified atom stereocenters. The lowest BCUT2D eigenvalue weighted by molar-refractivity contribution is -0.120. The number of amides is 3. The zero-order chi connectivity index (χ0) is 19.4. The molecule has 0 saturated heterocycles. The maximum atomic E-state index is 13.8. The summed E-state index contributed by atoms with van der Waals surface area (Å²) in [6, 6.07) is 8.58. The van der Waals surface area contributed by atoms with Crippen LogP contribution in [0.5, 0.6) is 11.5 Å².